The normalized spacial score (nSPS) is 11.5. The van der Waals surface area contributed by atoms with Crippen LogP contribution in [0.3, 0.4) is 0 Å². The standard InChI is InChI=1S/C9H10N4O4S2/c1-5-6(3-13(2)11-5)12-19(16,17)9-7(8(14)15)10-4-18-9/h3-4,12H,1-2H3,(H,14,15). The number of nitrogens with one attached hydrogen (secondary N) is 1. The van der Waals surface area contributed by atoms with Gasteiger partial charge in [-0.2, -0.15) is 5.10 Å². The third-order valence-corrected chi connectivity index (χ3v) is 4.97. The van der Waals surface area contributed by atoms with E-state index in [2.05, 4.69) is 14.8 Å². The molecule has 0 bridgehead atoms. The minimum Gasteiger partial charge on any atom is -0.476 e. The van der Waals surface area contributed by atoms with E-state index in [1.807, 2.05) is 0 Å². The zero-order chi connectivity index (χ0) is 14.2. The number of nitrogens with zero attached hydrogens (tertiary/aromatic N) is 3. The summed E-state index contributed by atoms with van der Waals surface area (Å²) in [5.74, 6) is -1.38. The van der Waals surface area contributed by atoms with Gasteiger partial charge < -0.3 is 5.11 Å². The molecule has 0 aliphatic rings. The fourth-order valence-electron chi connectivity index (χ4n) is 1.46. The van der Waals surface area contributed by atoms with E-state index < -0.39 is 21.7 Å². The van der Waals surface area contributed by atoms with Crippen LogP contribution in [0.25, 0.3) is 0 Å². The second kappa shape index (κ2) is 4.63. The lowest BCUT2D eigenvalue weighted by Gasteiger charge is -2.04. The highest BCUT2D eigenvalue weighted by atomic mass is 32.2. The monoisotopic (exact) mass is 302 g/mol. The number of hydrogen-bond acceptors (Lipinski definition) is 6. The third kappa shape index (κ3) is 2.58. The number of carbonyl (C=O) groups is 1. The molecule has 2 heterocycles. The van der Waals surface area contributed by atoms with Crippen molar-refractivity contribution in [3.63, 3.8) is 0 Å². The first-order valence-electron chi connectivity index (χ1n) is 5.01. The zero-order valence-corrected chi connectivity index (χ0v) is 11.6. The average Bonchev–Trinajstić information content (AvgIpc) is 2.86. The van der Waals surface area contributed by atoms with Gasteiger partial charge in [-0.25, -0.2) is 18.2 Å². The maximum atomic E-state index is 12.1. The number of rotatable bonds is 4. The van der Waals surface area contributed by atoms with Gasteiger partial charge >= 0.3 is 5.97 Å². The number of anilines is 1. The van der Waals surface area contributed by atoms with Crippen molar-refractivity contribution in [2.75, 3.05) is 4.72 Å². The molecule has 0 fully saturated rings. The summed E-state index contributed by atoms with van der Waals surface area (Å²) in [7, 11) is -2.33. The Kier molecular flexibility index (Phi) is 3.28. The molecule has 0 saturated carbocycles. The van der Waals surface area contributed by atoms with Crippen LogP contribution < -0.4 is 4.72 Å². The lowest BCUT2D eigenvalue weighted by Crippen LogP contribution is -2.15. The van der Waals surface area contributed by atoms with Crippen molar-refractivity contribution in [2.24, 2.45) is 7.05 Å². The Balaban J connectivity index is 2.41. The van der Waals surface area contributed by atoms with E-state index in [1.165, 1.54) is 16.4 Å². The van der Waals surface area contributed by atoms with Gasteiger partial charge in [0.25, 0.3) is 10.0 Å². The average molecular weight is 302 g/mol. The van der Waals surface area contributed by atoms with Crippen molar-refractivity contribution in [3.8, 4) is 0 Å². The summed E-state index contributed by atoms with van der Waals surface area (Å²) in [5, 5.41) is 12.9. The number of aromatic carboxylic acids is 1. The molecule has 19 heavy (non-hydrogen) atoms. The highest BCUT2D eigenvalue weighted by Gasteiger charge is 2.26. The second-order valence-electron chi connectivity index (χ2n) is 3.70. The van der Waals surface area contributed by atoms with Crippen LogP contribution in [0.4, 0.5) is 5.69 Å². The Morgan fingerprint density at radius 3 is 2.74 bits per heavy atom. The van der Waals surface area contributed by atoms with E-state index in [0.717, 1.165) is 11.3 Å². The van der Waals surface area contributed by atoms with E-state index in [1.54, 1.807) is 14.0 Å². The molecule has 0 saturated heterocycles. The summed E-state index contributed by atoms with van der Waals surface area (Å²) in [6.45, 7) is 1.64. The van der Waals surface area contributed by atoms with E-state index in [-0.39, 0.29) is 4.21 Å². The molecular formula is C9H10N4O4S2. The molecule has 0 spiro atoms. The van der Waals surface area contributed by atoms with Crippen LogP contribution in [-0.4, -0.2) is 34.3 Å². The molecule has 0 aromatic carbocycles. The molecule has 8 nitrogen and oxygen atoms in total. The lowest BCUT2D eigenvalue weighted by atomic mass is 10.4. The molecule has 0 aliphatic carbocycles. The van der Waals surface area contributed by atoms with E-state index >= 15 is 0 Å². The fourth-order valence-corrected chi connectivity index (χ4v) is 3.70. The van der Waals surface area contributed by atoms with Crippen LogP contribution in [0.5, 0.6) is 0 Å². The Hall–Kier alpha value is -1.94. The maximum absolute atomic E-state index is 12.1. The van der Waals surface area contributed by atoms with Crippen LogP contribution in [0, 0.1) is 6.92 Å². The summed E-state index contributed by atoms with van der Waals surface area (Å²) >= 11 is 0.747. The van der Waals surface area contributed by atoms with E-state index in [4.69, 9.17) is 5.11 Å². The first kappa shape index (κ1) is 13.5. The number of aromatic nitrogens is 3. The van der Waals surface area contributed by atoms with Crippen molar-refractivity contribution in [1.82, 2.24) is 14.8 Å². The van der Waals surface area contributed by atoms with Crippen LogP contribution in [0.2, 0.25) is 0 Å². The van der Waals surface area contributed by atoms with Gasteiger partial charge in [0.2, 0.25) is 0 Å². The van der Waals surface area contributed by atoms with Crippen LogP contribution in [0.15, 0.2) is 15.9 Å². The van der Waals surface area contributed by atoms with Crippen LogP contribution >= 0.6 is 11.3 Å². The minimum absolute atomic E-state index is 0.298. The molecule has 2 rings (SSSR count). The van der Waals surface area contributed by atoms with Gasteiger partial charge in [0.05, 0.1) is 16.9 Å². The van der Waals surface area contributed by atoms with Crippen LogP contribution in [-0.2, 0) is 17.1 Å². The Morgan fingerprint density at radius 1 is 1.53 bits per heavy atom. The minimum atomic E-state index is -3.98. The zero-order valence-electron chi connectivity index (χ0n) is 9.98. The van der Waals surface area contributed by atoms with Crippen molar-refractivity contribution < 1.29 is 18.3 Å². The summed E-state index contributed by atoms with van der Waals surface area (Å²) < 4.78 is 27.6. The lowest BCUT2D eigenvalue weighted by molar-refractivity contribution is 0.0687. The number of carboxylic acids is 1. The number of hydrogen-bond donors (Lipinski definition) is 2. The number of aryl methyl sites for hydroxylation is 2. The van der Waals surface area contributed by atoms with Crippen molar-refractivity contribution in [3.05, 3.63) is 23.1 Å². The fraction of sp³-hybridized carbons (Fsp3) is 0.222. The SMILES string of the molecule is Cc1nn(C)cc1NS(=O)(=O)c1scnc1C(=O)O. The molecule has 2 aromatic rings. The Bertz CT molecular complexity index is 731. The largest absolute Gasteiger partial charge is 0.476 e. The van der Waals surface area contributed by atoms with Crippen LogP contribution in [0.1, 0.15) is 16.2 Å². The van der Waals surface area contributed by atoms with Crippen molar-refractivity contribution in [2.45, 2.75) is 11.1 Å². The molecule has 0 radical (unpaired) electrons. The topological polar surface area (TPSA) is 114 Å². The molecule has 2 N–H and O–H groups in total. The number of thiazole rings is 1. The predicted molar refractivity (Wildman–Crippen MR) is 67.8 cm³/mol. The molecule has 2 aromatic heterocycles. The molecule has 0 unspecified atom stereocenters. The Morgan fingerprint density at radius 2 is 2.21 bits per heavy atom. The molecule has 0 amide bonds. The first-order valence-corrected chi connectivity index (χ1v) is 7.37. The van der Waals surface area contributed by atoms with Gasteiger partial charge in [-0.15, -0.1) is 11.3 Å². The predicted octanol–water partition coefficient (Wildman–Crippen LogP) is 0.684. The van der Waals surface area contributed by atoms with Gasteiger partial charge in [0, 0.05) is 13.2 Å². The van der Waals surface area contributed by atoms with Gasteiger partial charge in [-0.3, -0.25) is 9.40 Å². The van der Waals surface area contributed by atoms with Crippen molar-refractivity contribution >= 4 is 33.0 Å². The summed E-state index contributed by atoms with van der Waals surface area (Å²) in [5.41, 5.74) is 1.48. The number of sulfonamides is 1. The molecule has 102 valence electrons. The van der Waals surface area contributed by atoms with Gasteiger partial charge in [0.1, 0.15) is 0 Å². The summed E-state index contributed by atoms with van der Waals surface area (Å²) in [4.78, 5) is 14.4. The third-order valence-electron chi connectivity index (χ3n) is 2.24. The molecular weight excluding hydrogens is 292 g/mol. The Labute approximate surface area is 112 Å². The molecule has 10 heteroatoms. The molecule has 0 atom stereocenters. The number of carboxylic acid groups (broad SMARTS) is 1. The molecule has 0 aliphatic heterocycles. The van der Waals surface area contributed by atoms with Gasteiger partial charge in [0.15, 0.2) is 9.90 Å². The van der Waals surface area contributed by atoms with Crippen molar-refractivity contribution in [1.29, 1.82) is 0 Å². The highest BCUT2D eigenvalue weighted by Crippen LogP contribution is 2.24. The first-order chi connectivity index (χ1) is 8.81. The van der Waals surface area contributed by atoms with Gasteiger partial charge in [-0.1, -0.05) is 0 Å². The summed E-state index contributed by atoms with van der Waals surface area (Å²) in [6.07, 6.45) is 1.49. The van der Waals surface area contributed by atoms with E-state index in [9.17, 15) is 13.2 Å². The quantitative estimate of drug-likeness (QED) is 0.858. The highest BCUT2D eigenvalue weighted by molar-refractivity contribution is 7.94. The summed E-state index contributed by atoms with van der Waals surface area (Å²) in [6, 6.07) is 0. The maximum Gasteiger partial charge on any atom is 0.356 e. The van der Waals surface area contributed by atoms with Gasteiger partial charge in [-0.05, 0) is 6.92 Å². The van der Waals surface area contributed by atoms with E-state index in [0.29, 0.717) is 11.4 Å². The smallest absolute Gasteiger partial charge is 0.356 e. The second-order valence-corrected chi connectivity index (χ2v) is 6.43.